The number of imide groups is 1. The number of hydrogen-bond donors (Lipinski definition) is 3. The molecule has 1 atom stereocenters. The highest BCUT2D eigenvalue weighted by atomic mass is 16.2. The lowest BCUT2D eigenvalue weighted by atomic mass is 9.82. The zero-order chi connectivity index (χ0) is 15.6. The van der Waals surface area contributed by atoms with E-state index in [4.69, 9.17) is 0 Å². The van der Waals surface area contributed by atoms with Gasteiger partial charge in [-0.2, -0.15) is 0 Å². The monoisotopic (exact) mass is 308 g/mol. The van der Waals surface area contributed by atoms with Crippen LogP contribution >= 0.6 is 0 Å². The molecule has 1 saturated carbocycles. The Morgan fingerprint density at radius 3 is 2.68 bits per heavy atom. The van der Waals surface area contributed by atoms with E-state index in [1.165, 1.54) is 0 Å². The van der Waals surface area contributed by atoms with Gasteiger partial charge >= 0.3 is 6.03 Å². The molecule has 7 nitrogen and oxygen atoms in total. The van der Waals surface area contributed by atoms with Gasteiger partial charge < -0.3 is 16.0 Å². The lowest BCUT2D eigenvalue weighted by Gasteiger charge is -2.30. The Balaban J connectivity index is 1.54. The largest absolute Gasteiger partial charge is 0.353 e. The number of hydrogen-bond acceptors (Lipinski definition) is 4. The Kier molecular flexibility index (Phi) is 4.33. The Bertz CT molecular complexity index is 467. The van der Waals surface area contributed by atoms with Crippen molar-refractivity contribution in [2.75, 3.05) is 19.6 Å². The van der Waals surface area contributed by atoms with E-state index in [0.717, 1.165) is 43.5 Å². The van der Waals surface area contributed by atoms with E-state index < -0.39 is 11.6 Å². The van der Waals surface area contributed by atoms with Crippen molar-refractivity contribution in [2.24, 2.45) is 0 Å². The van der Waals surface area contributed by atoms with Crippen LogP contribution in [0.1, 0.15) is 44.9 Å². The molecule has 1 spiro atoms. The Morgan fingerprint density at radius 2 is 2.00 bits per heavy atom. The summed E-state index contributed by atoms with van der Waals surface area (Å²) in [5, 5.41) is 8.92. The molecule has 0 bridgehead atoms. The summed E-state index contributed by atoms with van der Waals surface area (Å²) in [6, 6.07) is -0.127. The van der Waals surface area contributed by atoms with Crippen molar-refractivity contribution in [2.45, 2.75) is 56.5 Å². The van der Waals surface area contributed by atoms with E-state index in [0.29, 0.717) is 25.4 Å². The highest BCUT2D eigenvalue weighted by molar-refractivity contribution is 6.09. The van der Waals surface area contributed by atoms with Gasteiger partial charge in [0.25, 0.3) is 5.91 Å². The summed E-state index contributed by atoms with van der Waals surface area (Å²) in [5.74, 6) is -0.503. The molecule has 2 saturated heterocycles. The Labute approximate surface area is 130 Å². The maximum atomic E-state index is 12.5. The van der Waals surface area contributed by atoms with Gasteiger partial charge in [-0.15, -0.1) is 0 Å². The predicted molar refractivity (Wildman–Crippen MR) is 80.1 cm³/mol. The summed E-state index contributed by atoms with van der Waals surface area (Å²) in [6.07, 6.45) is 6.52. The number of nitrogens with one attached hydrogen (secondary N) is 3. The van der Waals surface area contributed by atoms with Gasteiger partial charge in [-0.1, -0.05) is 19.3 Å². The second kappa shape index (κ2) is 6.24. The fourth-order valence-corrected chi connectivity index (χ4v) is 3.68. The van der Waals surface area contributed by atoms with Gasteiger partial charge in [0.1, 0.15) is 12.1 Å². The molecule has 0 aromatic rings. The van der Waals surface area contributed by atoms with Crippen molar-refractivity contribution in [1.29, 1.82) is 0 Å². The van der Waals surface area contributed by atoms with Crippen LogP contribution in [-0.2, 0) is 9.59 Å². The maximum absolute atomic E-state index is 12.5. The molecule has 2 aliphatic heterocycles. The number of rotatable bonds is 4. The minimum absolute atomic E-state index is 0.181. The smallest absolute Gasteiger partial charge is 0.325 e. The molecule has 7 heteroatoms. The van der Waals surface area contributed by atoms with Gasteiger partial charge in [0.05, 0.1) is 0 Å². The third-order valence-corrected chi connectivity index (χ3v) is 4.96. The molecule has 0 aromatic heterocycles. The average molecular weight is 308 g/mol. The van der Waals surface area contributed by atoms with Gasteiger partial charge in [0.15, 0.2) is 0 Å². The average Bonchev–Trinajstić information content (AvgIpc) is 3.10. The van der Waals surface area contributed by atoms with Crippen molar-refractivity contribution >= 4 is 17.8 Å². The van der Waals surface area contributed by atoms with Gasteiger partial charge in [-0.05, 0) is 32.2 Å². The van der Waals surface area contributed by atoms with E-state index in [1.807, 2.05) is 0 Å². The van der Waals surface area contributed by atoms with Crippen LogP contribution in [0.25, 0.3) is 0 Å². The third-order valence-electron chi connectivity index (χ3n) is 4.96. The number of urea groups is 1. The van der Waals surface area contributed by atoms with Crippen molar-refractivity contribution < 1.29 is 14.4 Å². The van der Waals surface area contributed by atoms with Crippen LogP contribution in [0.4, 0.5) is 4.79 Å². The molecule has 1 aliphatic carbocycles. The minimum Gasteiger partial charge on any atom is -0.353 e. The summed E-state index contributed by atoms with van der Waals surface area (Å²) in [6.45, 7) is 1.35. The van der Waals surface area contributed by atoms with E-state index in [9.17, 15) is 14.4 Å². The molecule has 4 amide bonds. The van der Waals surface area contributed by atoms with Crippen LogP contribution in [0.3, 0.4) is 0 Å². The fraction of sp³-hybridized carbons (Fsp3) is 0.800. The second-order valence-electron chi connectivity index (χ2n) is 6.56. The molecule has 122 valence electrons. The van der Waals surface area contributed by atoms with Crippen LogP contribution in [-0.4, -0.2) is 54.0 Å². The van der Waals surface area contributed by atoms with Crippen LogP contribution in [0.5, 0.6) is 0 Å². The summed E-state index contributed by atoms with van der Waals surface area (Å²) < 4.78 is 0. The van der Waals surface area contributed by atoms with Crippen LogP contribution in [0.2, 0.25) is 0 Å². The van der Waals surface area contributed by atoms with Gasteiger partial charge in [0.2, 0.25) is 5.91 Å². The normalized spacial score (nSPS) is 27.3. The number of nitrogens with zero attached hydrogens (tertiary/aromatic N) is 1. The molecule has 1 unspecified atom stereocenters. The Morgan fingerprint density at radius 1 is 1.23 bits per heavy atom. The molecule has 0 aromatic carbocycles. The minimum atomic E-state index is -0.747. The summed E-state index contributed by atoms with van der Waals surface area (Å²) in [4.78, 5) is 37.7. The zero-order valence-corrected chi connectivity index (χ0v) is 12.8. The van der Waals surface area contributed by atoms with E-state index in [-0.39, 0.29) is 18.4 Å². The second-order valence-corrected chi connectivity index (χ2v) is 6.56. The first-order chi connectivity index (χ1) is 10.6. The molecule has 2 heterocycles. The first kappa shape index (κ1) is 15.3. The fourth-order valence-electron chi connectivity index (χ4n) is 3.68. The molecule has 3 fully saturated rings. The zero-order valence-electron chi connectivity index (χ0n) is 12.8. The molecule has 3 N–H and O–H groups in total. The highest BCUT2D eigenvalue weighted by Gasteiger charge is 2.51. The van der Waals surface area contributed by atoms with Crippen molar-refractivity contribution in [1.82, 2.24) is 20.9 Å². The summed E-state index contributed by atoms with van der Waals surface area (Å²) in [5.41, 5.74) is -0.747. The molecule has 3 rings (SSSR count). The van der Waals surface area contributed by atoms with Crippen LogP contribution in [0.15, 0.2) is 0 Å². The lowest BCUT2D eigenvalue weighted by molar-refractivity contribution is -0.135. The van der Waals surface area contributed by atoms with Crippen molar-refractivity contribution in [3.05, 3.63) is 0 Å². The highest BCUT2D eigenvalue weighted by Crippen LogP contribution is 2.33. The molecule has 22 heavy (non-hydrogen) atoms. The predicted octanol–water partition coefficient (Wildman–Crippen LogP) is 0.109. The standard InChI is InChI=1S/C15H24N4O3/c20-12(17-9-11-5-4-8-16-11)10-19-13(21)15(18-14(19)22)6-2-1-3-7-15/h11,16H,1-10H2,(H,17,20)(H,18,22). The third kappa shape index (κ3) is 2.95. The maximum Gasteiger partial charge on any atom is 0.325 e. The molecule has 3 aliphatic rings. The first-order valence-corrected chi connectivity index (χ1v) is 8.25. The summed E-state index contributed by atoms with van der Waals surface area (Å²) in [7, 11) is 0. The molecule has 0 radical (unpaired) electrons. The van der Waals surface area contributed by atoms with E-state index in [2.05, 4.69) is 16.0 Å². The number of carbonyl (C=O) groups excluding carboxylic acids is 3. The number of carbonyl (C=O) groups is 3. The first-order valence-electron chi connectivity index (χ1n) is 8.25. The van der Waals surface area contributed by atoms with E-state index >= 15 is 0 Å². The lowest BCUT2D eigenvalue weighted by Crippen LogP contribution is -2.49. The molecular formula is C15H24N4O3. The summed E-state index contributed by atoms with van der Waals surface area (Å²) >= 11 is 0. The van der Waals surface area contributed by atoms with E-state index in [1.54, 1.807) is 0 Å². The quantitative estimate of drug-likeness (QED) is 0.643. The van der Waals surface area contributed by atoms with Gasteiger partial charge in [-0.3, -0.25) is 14.5 Å². The Hall–Kier alpha value is -1.63. The van der Waals surface area contributed by atoms with Crippen molar-refractivity contribution in [3.63, 3.8) is 0 Å². The van der Waals surface area contributed by atoms with Crippen LogP contribution < -0.4 is 16.0 Å². The van der Waals surface area contributed by atoms with Gasteiger partial charge in [-0.25, -0.2) is 4.79 Å². The number of amides is 4. The molecular weight excluding hydrogens is 284 g/mol. The van der Waals surface area contributed by atoms with Crippen molar-refractivity contribution in [3.8, 4) is 0 Å². The SMILES string of the molecule is O=C(CN1C(=O)NC2(CCCCC2)C1=O)NCC1CCCN1. The van der Waals surface area contributed by atoms with Gasteiger partial charge in [0, 0.05) is 12.6 Å². The topological polar surface area (TPSA) is 90.5 Å². The van der Waals surface area contributed by atoms with Crippen LogP contribution in [0, 0.1) is 0 Å².